The first kappa shape index (κ1) is 22.9. The van der Waals surface area contributed by atoms with Gasteiger partial charge in [-0.1, -0.05) is 12.2 Å². The van der Waals surface area contributed by atoms with E-state index in [4.69, 9.17) is 0 Å². The lowest BCUT2D eigenvalue weighted by Crippen LogP contribution is -2.30. The minimum absolute atomic E-state index is 0.0130. The van der Waals surface area contributed by atoms with Crippen molar-refractivity contribution in [2.24, 2.45) is 0 Å². The lowest BCUT2D eigenvalue weighted by Gasteiger charge is -2.22. The van der Waals surface area contributed by atoms with Crippen molar-refractivity contribution >= 4 is 29.2 Å². The predicted octanol–water partition coefficient (Wildman–Crippen LogP) is 3.50. The summed E-state index contributed by atoms with van der Waals surface area (Å²) in [5.74, 6) is -0.460. The Morgan fingerprint density at radius 3 is 2.89 bits per heavy atom. The Morgan fingerprint density at radius 1 is 1.14 bits per heavy atom. The smallest absolute Gasteiger partial charge is 0.287 e. The molecular formula is C26H25FN8O2. The van der Waals surface area contributed by atoms with E-state index in [0.717, 1.165) is 49.4 Å². The number of allylic oxidation sites excluding steroid dienone is 1. The van der Waals surface area contributed by atoms with Gasteiger partial charge in [-0.05, 0) is 55.8 Å². The highest BCUT2D eigenvalue weighted by Gasteiger charge is 2.18. The molecule has 1 aliphatic heterocycles. The van der Waals surface area contributed by atoms with E-state index in [-0.39, 0.29) is 11.4 Å². The molecule has 0 saturated carbocycles. The molecule has 1 aliphatic carbocycles. The number of fused-ring (bicyclic) bond motifs is 2. The highest BCUT2D eigenvalue weighted by molar-refractivity contribution is 6.04. The molecule has 4 heterocycles. The number of hydrogen-bond acceptors (Lipinski definition) is 6. The largest absolute Gasteiger partial charge is 0.354 e. The molecule has 37 heavy (non-hydrogen) atoms. The van der Waals surface area contributed by atoms with Crippen LogP contribution in [0.2, 0.25) is 0 Å². The molecule has 1 amide bonds. The maximum absolute atomic E-state index is 14.6. The fourth-order valence-corrected chi connectivity index (χ4v) is 4.64. The number of carbonyl (C=O) groups excluding carboxylic acids is 1. The number of carbonyl (C=O) groups is 1. The van der Waals surface area contributed by atoms with Crippen molar-refractivity contribution in [3.63, 3.8) is 0 Å². The Labute approximate surface area is 211 Å². The minimum Gasteiger partial charge on any atom is -0.354 e. The lowest BCUT2D eigenvalue weighted by molar-refractivity contribution is 0.102. The first-order valence-electron chi connectivity index (χ1n) is 12.0. The van der Waals surface area contributed by atoms with Crippen molar-refractivity contribution in [3.8, 4) is 11.3 Å². The van der Waals surface area contributed by atoms with Crippen molar-refractivity contribution in [2.75, 3.05) is 24.2 Å². The third-order valence-electron chi connectivity index (χ3n) is 6.60. The third-order valence-corrected chi connectivity index (χ3v) is 6.60. The van der Waals surface area contributed by atoms with Gasteiger partial charge < -0.3 is 15.6 Å². The number of benzene rings is 1. The number of aromatic nitrogens is 5. The number of rotatable bonds is 5. The molecule has 0 fully saturated rings. The standard InChI is InChI=1S/C26H25FN8O2/c1-34-8-9-35-17(14-34)12-24(33-35)29-23-13-20(31-32-26(23)37)16-6-7-18(27)21(10-16)30-25(36)22-11-15-4-2-3-5-19(15)28-22/h2,4,6-7,10-13,28H,3,5,8-9,14H2,1H3,(H,30,36)(H,32,37)(H,29,31,33). The second-order valence-corrected chi connectivity index (χ2v) is 9.31. The van der Waals surface area contributed by atoms with Gasteiger partial charge >= 0.3 is 0 Å². The van der Waals surface area contributed by atoms with Crippen LogP contribution in [0.4, 0.5) is 21.6 Å². The molecular weight excluding hydrogens is 475 g/mol. The summed E-state index contributed by atoms with van der Waals surface area (Å²) in [5, 5.41) is 16.8. The number of nitrogens with zero attached hydrogens (tertiary/aromatic N) is 4. The van der Waals surface area contributed by atoms with E-state index in [0.29, 0.717) is 22.8 Å². The molecule has 10 nitrogen and oxygen atoms in total. The number of H-pyrrole nitrogens is 2. The number of aromatic amines is 2. The van der Waals surface area contributed by atoms with E-state index in [9.17, 15) is 14.0 Å². The summed E-state index contributed by atoms with van der Waals surface area (Å²) in [6.45, 7) is 2.46. The summed E-state index contributed by atoms with van der Waals surface area (Å²) in [5.41, 5.74) is 4.17. The zero-order chi connectivity index (χ0) is 25.5. The number of halogens is 1. The quantitative estimate of drug-likeness (QED) is 0.333. The van der Waals surface area contributed by atoms with Crippen LogP contribution in [0.1, 0.15) is 33.9 Å². The predicted molar refractivity (Wildman–Crippen MR) is 138 cm³/mol. The van der Waals surface area contributed by atoms with Gasteiger partial charge in [0.05, 0.1) is 23.6 Å². The Balaban J connectivity index is 1.24. The van der Waals surface area contributed by atoms with Crippen LogP contribution in [0.3, 0.4) is 0 Å². The van der Waals surface area contributed by atoms with Crippen LogP contribution >= 0.6 is 0 Å². The Hall–Kier alpha value is -4.51. The van der Waals surface area contributed by atoms with Gasteiger partial charge in [0.15, 0.2) is 5.82 Å². The molecule has 0 unspecified atom stereocenters. The highest BCUT2D eigenvalue weighted by Crippen LogP contribution is 2.26. The van der Waals surface area contributed by atoms with Gasteiger partial charge in [-0.2, -0.15) is 10.2 Å². The molecule has 6 rings (SSSR count). The first-order chi connectivity index (χ1) is 17.9. The Kier molecular flexibility index (Phi) is 5.68. The Bertz CT molecular complexity index is 1600. The number of aryl methyl sites for hydroxylation is 1. The number of nitrogens with one attached hydrogen (secondary N) is 4. The van der Waals surface area contributed by atoms with Gasteiger partial charge in [-0.3, -0.25) is 19.2 Å². The maximum Gasteiger partial charge on any atom is 0.287 e. The van der Waals surface area contributed by atoms with E-state index in [1.54, 1.807) is 18.2 Å². The number of anilines is 3. The molecule has 0 atom stereocenters. The fraction of sp³-hybridized carbons (Fsp3) is 0.231. The molecule has 2 aliphatic rings. The molecule has 188 valence electrons. The van der Waals surface area contributed by atoms with E-state index < -0.39 is 17.3 Å². The normalized spacial score (nSPS) is 14.8. The fourth-order valence-electron chi connectivity index (χ4n) is 4.64. The molecule has 0 saturated heterocycles. The van der Waals surface area contributed by atoms with Crippen LogP contribution in [0.5, 0.6) is 0 Å². The zero-order valence-corrected chi connectivity index (χ0v) is 20.1. The molecule has 11 heteroatoms. The van der Waals surface area contributed by atoms with Crippen molar-refractivity contribution in [3.05, 3.63) is 81.3 Å². The van der Waals surface area contributed by atoms with Gasteiger partial charge in [0.1, 0.15) is 17.2 Å². The molecule has 1 aromatic carbocycles. The van der Waals surface area contributed by atoms with Gasteiger partial charge in [0, 0.05) is 30.4 Å². The zero-order valence-electron chi connectivity index (χ0n) is 20.1. The van der Waals surface area contributed by atoms with E-state index in [1.165, 1.54) is 12.1 Å². The Morgan fingerprint density at radius 2 is 2.03 bits per heavy atom. The van der Waals surface area contributed by atoms with E-state index in [2.05, 4.69) is 41.9 Å². The van der Waals surface area contributed by atoms with E-state index >= 15 is 0 Å². The summed E-state index contributed by atoms with van der Waals surface area (Å²) in [7, 11) is 2.05. The average molecular weight is 501 g/mol. The first-order valence-corrected chi connectivity index (χ1v) is 12.0. The van der Waals surface area contributed by atoms with Crippen molar-refractivity contribution in [1.82, 2.24) is 29.9 Å². The maximum atomic E-state index is 14.6. The van der Waals surface area contributed by atoms with Crippen LogP contribution in [0, 0.1) is 5.82 Å². The molecule has 4 N–H and O–H groups in total. The monoisotopic (exact) mass is 500 g/mol. The van der Waals surface area contributed by atoms with Gasteiger partial charge in [0.25, 0.3) is 11.5 Å². The van der Waals surface area contributed by atoms with Crippen LogP contribution < -0.4 is 16.2 Å². The molecule has 0 spiro atoms. The number of hydrogen-bond donors (Lipinski definition) is 4. The molecule has 0 radical (unpaired) electrons. The highest BCUT2D eigenvalue weighted by atomic mass is 19.1. The average Bonchev–Trinajstić information content (AvgIpc) is 3.50. The van der Waals surface area contributed by atoms with Gasteiger partial charge in [-0.15, -0.1) is 0 Å². The van der Waals surface area contributed by atoms with Gasteiger partial charge in [0.2, 0.25) is 0 Å². The third kappa shape index (κ3) is 4.56. The summed E-state index contributed by atoms with van der Waals surface area (Å²) < 4.78 is 16.5. The van der Waals surface area contributed by atoms with E-state index in [1.807, 2.05) is 23.9 Å². The minimum atomic E-state index is -0.579. The summed E-state index contributed by atoms with van der Waals surface area (Å²) in [6, 6.07) is 9.54. The summed E-state index contributed by atoms with van der Waals surface area (Å²) >= 11 is 0. The van der Waals surface area contributed by atoms with Crippen LogP contribution in [-0.4, -0.2) is 49.4 Å². The van der Waals surface area contributed by atoms with Crippen LogP contribution in [0.15, 0.2) is 47.3 Å². The number of amides is 1. The SMILES string of the molecule is CN1CCn2nc(Nc3cc(-c4ccc(F)c(NC(=O)c5cc6c([nH]5)CCC=C6)c4)n[nH]c3=O)cc2C1. The van der Waals surface area contributed by atoms with Crippen LogP contribution in [0.25, 0.3) is 17.3 Å². The second-order valence-electron chi connectivity index (χ2n) is 9.31. The summed E-state index contributed by atoms with van der Waals surface area (Å²) in [4.78, 5) is 30.6. The van der Waals surface area contributed by atoms with Crippen molar-refractivity contribution in [1.29, 1.82) is 0 Å². The molecule has 0 bridgehead atoms. The lowest BCUT2D eigenvalue weighted by atomic mass is 10.1. The number of likely N-dealkylation sites (N-methyl/N-ethyl adjacent to an activating group) is 1. The molecule has 3 aromatic heterocycles. The topological polar surface area (TPSA) is 124 Å². The van der Waals surface area contributed by atoms with Crippen LogP contribution in [-0.2, 0) is 19.5 Å². The molecule has 4 aromatic rings. The second kappa shape index (κ2) is 9.17. The summed E-state index contributed by atoms with van der Waals surface area (Å²) in [6.07, 6.45) is 5.77. The van der Waals surface area contributed by atoms with Crippen molar-refractivity contribution in [2.45, 2.75) is 25.9 Å². The van der Waals surface area contributed by atoms with Gasteiger partial charge in [-0.25, -0.2) is 9.49 Å². The van der Waals surface area contributed by atoms with Crippen molar-refractivity contribution < 1.29 is 9.18 Å².